The van der Waals surface area contributed by atoms with Gasteiger partial charge < -0.3 is 50.1 Å². The molecule has 0 aromatic carbocycles. The van der Waals surface area contributed by atoms with Crippen LogP contribution in [0.15, 0.2) is 154 Å². The maximum atomic E-state index is 4.15. The third kappa shape index (κ3) is 223. The van der Waals surface area contributed by atoms with Gasteiger partial charge in [0.25, 0.3) is 0 Å². The minimum absolute atomic E-state index is 0. The fraction of sp³-hybridized carbons (Fsp3) is 0.685. The van der Waals surface area contributed by atoms with Gasteiger partial charge in [-0.2, -0.15) is 37.4 Å². The maximum Gasteiger partial charge on any atom is 2.00 e. The van der Waals surface area contributed by atoms with Crippen molar-refractivity contribution < 1.29 is 18.6 Å². The fourth-order valence-electron chi connectivity index (χ4n) is 5.72. The topological polar surface area (TPSA) is 213 Å². The summed E-state index contributed by atoms with van der Waals surface area (Å²) >= 11 is 0. The number of hydrogen-bond donors (Lipinski definition) is 7. The molecule has 0 spiro atoms. The second-order valence-electron chi connectivity index (χ2n) is 26.9. The van der Waals surface area contributed by atoms with Crippen molar-refractivity contribution in [1.29, 1.82) is 0 Å². The van der Waals surface area contributed by atoms with Gasteiger partial charge in [0.1, 0.15) is 23.8 Å². The predicted octanol–water partition coefficient (Wildman–Crippen LogP) is 39.2. The van der Waals surface area contributed by atoms with Crippen molar-refractivity contribution in [2.45, 2.75) is 507 Å². The normalized spacial score (nSPS) is 8.02. The molecule has 7 aromatic heterocycles. The molecule has 0 saturated carbocycles. The second-order valence-corrected chi connectivity index (χ2v) is 26.9. The molecule has 7 rings (SSSR count). The fourth-order valence-corrected chi connectivity index (χ4v) is 5.72. The van der Waals surface area contributed by atoms with E-state index in [4.69, 9.17) is 0 Å². The number of rotatable bonds is 7. The van der Waals surface area contributed by atoms with Crippen molar-refractivity contribution in [2.75, 3.05) is 37.2 Å². The quantitative estimate of drug-likeness (QED) is 0.0739. The summed E-state index contributed by atoms with van der Waals surface area (Å²) in [6, 6.07) is 21.4. The summed E-state index contributed by atoms with van der Waals surface area (Å²) < 4.78 is 0. The summed E-state index contributed by atoms with van der Waals surface area (Å²) in [5, 5.41) is 30.4. The summed E-state index contributed by atoms with van der Waals surface area (Å²) in [6.07, 6.45) is 25.2. The smallest absolute Gasteiger partial charge is 0.380 e. The SMILES string of the molecule is C.C.C.C.C.C.C.C.C.CC.CC.CC.CC.CC.CC.CC.CC.CC.CC.CC.CC.CC.CC.CC.CC.CC(C)(C)Nc1ccccn1.CC(C)(C)Nc1cccnc1.CC(C)(C)Nc1cccnc1.CC(C)(C)Nc1ccncc1.CC(C)(C)Nc1ccncn1.CC(C)(C)Nc1ccnnc1.CC(C)(C)Nc1cnccn1.C[C-](C)C.[CH2-]CC.[V+2]. The van der Waals surface area contributed by atoms with Gasteiger partial charge >= 0.3 is 18.6 Å². The Balaban J connectivity index is -0.0000000316. The largest absolute Gasteiger partial charge is 2.00 e. The first-order chi connectivity index (χ1) is 54.7. The van der Waals surface area contributed by atoms with Gasteiger partial charge in [-0.1, -0.05) is 301 Å². The molecule has 0 amide bonds. The molecule has 0 aliphatic carbocycles. The number of pyridine rings is 4. The van der Waals surface area contributed by atoms with Crippen LogP contribution in [0, 0.1) is 12.8 Å². The molecule has 0 saturated heterocycles. The van der Waals surface area contributed by atoms with Gasteiger partial charge in [-0.3, -0.25) is 19.9 Å². The summed E-state index contributed by atoms with van der Waals surface area (Å²) in [5.74, 6) is 4.03. The van der Waals surface area contributed by atoms with E-state index in [1.807, 2.05) is 308 Å². The van der Waals surface area contributed by atoms with E-state index in [1.54, 1.807) is 68.2 Å². The molecule has 17 nitrogen and oxygen atoms in total. The number of nitrogens with one attached hydrogen (secondary N) is 7. The van der Waals surface area contributed by atoms with E-state index in [2.05, 4.69) is 260 Å². The zero-order valence-corrected chi connectivity index (χ0v) is 90.2. The maximum absolute atomic E-state index is 4.15. The Morgan fingerprint density at radius 3 is 0.706 bits per heavy atom. The van der Waals surface area contributed by atoms with E-state index >= 15 is 0 Å². The molecule has 0 fully saturated rings. The standard InChI is InChI=1S/4C9H14N2.3C8H13N3.C4H9.C3H7.16C2H6.9CH4.V/c1-9(2,3)11-8-4-6-10-7-5-8;2*1-9(2,3)11-8-5-4-6-10-7-8;1-9(2,3)11-8-6-4-5-7-10-8;1-8(2,3)11-7-6-9-4-5-10-7;1-8(2,3)11-7-4-5-9-6-10-7;1-8(2,3)11-7-4-5-9-10-6-7;1-4(2)3;1-3-2;16*1-2;;;;;;;;;;/h4-7H,1-3H3,(H,10,11);2*4-7,11H,1-3H3;4-7H,1-3H3,(H,10,11);4-6H,1-3H3,(H,10,11);4-6H,1-3H3,(H,9,10,11);4-6H,1-3H3,(H,9,11);1-3H3;1,3H2,2H3;16*1-2H3;9*1H4;/q;;;;;;;2*-1;;;;;;;;;;;;;;;;;;;;;;;;;;+2. The van der Waals surface area contributed by atoms with E-state index in [-0.39, 0.29) is 124 Å². The van der Waals surface area contributed by atoms with Crippen LogP contribution >= 0.6 is 0 Å². The summed E-state index contributed by atoms with van der Waals surface area (Å²) in [7, 11) is 0. The zero-order chi connectivity index (χ0) is 96.5. The van der Waals surface area contributed by atoms with Crippen molar-refractivity contribution in [2.24, 2.45) is 0 Å². The van der Waals surface area contributed by atoms with Crippen LogP contribution in [0.3, 0.4) is 0 Å². The van der Waals surface area contributed by atoms with Gasteiger partial charge in [-0.15, -0.1) is 0 Å². The van der Waals surface area contributed by atoms with Crippen LogP contribution in [0.5, 0.6) is 0 Å². The number of aromatic nitrogens is 10. The number of anilines is 7. The Morgan fingerprint density at radius 1 is 0.238 bits per heavy atom. The third-order valence-corrected chi connectivity index (χ3v) is 7.98. The van der Waals surface area contributed by atoms with E-state index in [0.717, 1.165) is 46.6 Å². The van der Waals surface area contributed by atoms with Crippen molar-refractivity contribution >= 4 is 40.2 Å². The van der Waals surface area contributed by atoms with Gasteiger partial charge in [-0.25, -0.2) is 19.9 Å². The van der Waals surface area contributed by atoms with E-state index < -0.39 is 0 Å². The van der Waals surface area contributed by atoms with E-state index in [0.29, 0.717) is 0 Å². The Labute approximate surface area is 814 Å². The van der Waals surface area contributed by atoms with Gasteiger partial charge in [0.2, 0.25) is 0 Å². The predicted molar refractivity (Wildman–Crippen MR) is 605 cm³/mol. The Hall–Kier alpha value is -6.98. The Kier molecular flexibility index (Phi) is 247. The van der Waals surface area contributed by atoms with Crippen LogP contribution in [0.4, 0.5) is 40.2 Å². The minimum Gasteiger partial charge on any atom is -0.380 e. The van der Waals surface area contributed by atoms with Gasteiger partial charge in [0.15, 0.2) is 0 Å². The second kappa shape index (κ2) is 155. The average Bonchev–Trinajstić information content (AvgIpc) is 0.964. The van der Waals surface area contributed by atoms with Crippen LogP contribution in [0.2, 0.25) is 0 Å². The zero-order valence-electron chi connectivity index (χ0n) is 88.8. The van der Waals surface area contributed by atoms with Crippen LogP contribution in [0.25, 0.3) is 0 Å². The molecule has 1 radical (unpaired) electrons. The van der Waals surface area contributed by atoms with Crippen LogP contribution in [-0.4, -0.2) is 88.8 Å². The van der Waals surface area contributed by atoms with Crippen LogP contribution in [0.1, 0.15) is 468 Å². The van der Waals surface area contributed by atoms with Crippen molar-refractivity contribution in [3.8, 4) is 0 Å². The summed E-state index contributed by atoms with van der Waals surface area (Å²) in [5.41, 5.74) is 4.91. The molecule has 18 heteroatoms. The molecule has 0 atom stereocenters. The molecule has 7 heterocycles. The minimum atomic E-state index is 0. The van der Waals surface area contributed by atoms with Crippen LogP contribution < -0.4 is 37.2 Å². The molecule has 7 aromatic rings. The monoisotopic (exact) mass is 1830 g/mol. The Morgan fingerprint density at radius 2 is 0.484 bits per heavy atom. The molecule has 0 aliphatic heterocycles. The molecular weight excluding hydrogens is 1590 g/mol. The van der Waals surface area contributed by atoms with Crippen molar-refractivity contribution in [3.63, 3.8) is 0 Å². The van der Waals surface area contributed by atoms with Crippen LogP contribution in [-0.2, 0) is 18.6 Å². The molecule has 0 bridgehead atoms. The number of nitrogens with zero attached hydrogens (tertiary/aromatic N) is 10. The first-order valence-corrected chi connectivity index (χ1v) is 44.6. The van der Waals surface area contributed by atoms with Crippen molar-refractivity contribution in [3.05, 3.63) is 166 Å². The third-order valence-electron chi connectivity index (χ3n) is 7.98. The number of hydrogen-bond acceptors (Lipinski definition) is 17. The van der Waals surface area contributed by atoms with Gasteiger partial charge in [0, 0.05) is 106 Å². The summed E-state index contributed by atoms with van der Waals surface area (Å²) in [6.45, 7) is 120. The Bertz CT molecular complexity index is 2080. The molecular formula is C108H243N17V. The molecule has 126 heavy (non-hydrogen) atoms. The van der Waals surface area contributed by atoms with E-state index in [1.165, 1.54) is 12.2 Å². The first-order valence-electron chi connectivity index (χ1n) is 44.6. The first kappa shape index (κ1) is 200. The summed E-state index contributed by atoms with van der Waals surface area (Å²) in [4.78, 5) is 32.0. The molecule has 0 aliphatic rings. The molecule has 0 unspecified atom stereocenters. The average molecular weight is 1830 g/mol. The van der Waals surface area contributed by atoms with Gasteiger partial charge in [0.05, 0.1) is 35.7 Å². The molecule has 7 N–H and O–H groups in total. The van der Waals surface area contributed by atoms with Crippen molar-refractivity contribution in [1.82, 2.24) is 50.1 Å². The molecule has 765 valence electrons. The van der Waals surface area contributed by atoms with Gasteiger partial charge in [-0.05, 0) is 206 Å². The van der Waals surface area contributed by atoms with E-state index in [9.17, 15) is 0 Å².